The van der Waals surface area contributed by atoms with Gasteiger partial charge in [0.25, 0.3) is 0 Å². The second-order valence-corrected chi connectivity index (χ2v) is 6.17. The predicted octanol–water partition coefficient (Wildman–Crippen LogP) is 5.75. The molecule has 0 aromatic heterocycles. The molecule has 2 aromatic carbocycles. The molecule has 0 N–H and O–H groups in total. The van der Waals surface area contributed by atoms with Crippen molar-refractivity contribution >= 4 is 27.5 Å². The van der Waals surface area contributed by atoms with Crippen molar-refractivity contribution in [3.8, 4) is 5.75 Å². The van der Waals surface area contributed by atoms with Crippen molar-refractivity contribution in [2.45, 2.75) is 19.3 Å². The van der Waals surface area contributed by atoms with Crippen LogP contribution < -0.4 is 4.74 Å². The SMILES string of the molecule is Clc1ccccc1CC(CBr)CCCOc1ccccc1. The highest BCUT2D eigenvalue weighted by Crippen LogP contribution is 2.22. The van der Waals surface area contributed by atoms with Crippen LogP contribution in [0.4, 0.5) is 0 Å². The van der Waals surface area contributed by atoms with Crippen LogP contribution in [0.1, 0.15) is 18.4 Å². The first kappa shape index (κ1) is 16.4. The lowest BCUT2D eigenvalue weighted by Gasteiger charge is -2.15. The number of hydrogen-bond donors (Lipinski definition) is 0. The topological polar surface area (TPSA) is 9.23 Å². The van der Waals surface area contributed by atoms with Crippen LogP contribution in [0, 0.1) is 5.92 Å². The third-order valence-corrected chi connectivity index (χ3v) is 4.74. The molecule has 0 aliphatic heterocycles. The zero-order valence-electron chi connectivity index (χ0n) is 12.0. The Morgan fingerprint density at radius 2 is 1.71 bits per heavy atom. The molecule has 1 atom stereocenters. The first-order valence-corrected chi connectivity index (χ1v) is 8.76. The van der Waals surface area contributed by atoms with E-state index in [-0.39, 0.29) is 0 Å². The quantitative estimate of drug-likeness (QED) is 0.426. The maximum Gasteiger partial charge on any atom is 0.119 e. The Hall–Kier alpha value is -0.990. The lowest BCUT2D eigenvalue weighted by Crippen LogP contribution is -2.09. The van der Waals surface area contributed by atoms with Crippen LogP contribution in [0.15, 0.2) is 54.6 Å². The summed E-state index contributed by atoms with van der Waals surface area (Å²) < 4.78 is 5.73. The van der Waals surface area contributed by atoms with Gasteiger partial charge in [0.15, 0.2) is 0 Å². The molecule has 0 aliphatic carbocycles. The molecule has 112 valence electrons. The highest BCUT2D eigenvalue weighted by atomic mass is 79.9. The minimum absolute atomic E-state index is 0.587. The van der Waals surface area contributed by atoms with Gasteiger partial charge >= 0.3 is 0 Å². The van der Waals surface area contributed by atoms with Gasteiger partial charge in [-0.2, -0.15) is 0 Å². The van der Waals surface area contributed by atoms with Crippen LogP contribution >= 0.6 is 27.5 Å². The van der Waals surface area contributed by atoms with Crippen LogP contribution in [-0.4, -0.2) is 11.9 Å². The lowest BCUT2D eigenvalue weighted by atomic mass is 9.97. The lowest BCUT2D eigenvalue weighted by molar-refractivity contribution is 0.295. The molecule has 3 heteroatoms. The highest BCUT2D eigenvalue weighted by Gasteiger charge is 2.10. The second-order valence-electron chi connectivity index (χ2n) is 5.12. The summed E-state index contributed by atoms with van der Waals surface area (Å²) in [5.74, 6) is 1.53. The van der Waals surface area contributed by atoms with E-state index in [4.69, 9.17) is 16.3 Å². The van der Waals surface area contributed by atoms with Crippen LogP contribution in [0.2, 0.25) is 5.02 Å². The molecule has 0 aliphatic rings. The average molecular weight is 368 g/mol. The van der Waals surface area contributed by atoms with E-state index in [2.05, 4.69) is 22.0 Å². The minimum Gasteiger partial charge on any atom is -0.494 e. The molecule has 1 unspecified atom stereocenters. The van der Waals surface area contributed by atoms with E-state index in [1.165, 1.54) is 5.56 Å². The van der Waals surface area contributed by atoms with E-state index in [9.17, 15) is 0 Å². The van der Waals surface area contributed by atoms with E-state index < -0.39 is 0 Å². The second kappa shape index (κ2) is 9.11. The zero-order valence-corrected chi connectivity index (χ0v) is 14.3. The Balaban J connectivity index is 1.74. The minimum atomic E-state index is 0.587. The number of alkyl halides is 1. The molecule has 0 saturated carbocycles. The van der Waals surface area contributed by atoms with E-state index in [0.29, 0.717) is 5.92 Å². The fourth-order valence-electron chi connectivity index (χ4n) is 2.29. The summed E-state index contributed by atoms with van der Waals surface area (Å²) in [6.07, 6.45) is 3.19. The molecule has 0 bridgehead atoms. The van der Waals surface area contributed by atoms with E-state index in [1.54, 1.807) is 0 Å². The molecule has 0 saturated heterocycles. The normalized spacial score (nSPS) is 12.1. The Morgan fingerprint density at radius 3 is 2.43 bits per heavy atom. The molecule has 0 heterocycles. The maximum atomic E-state index is 6.23. The molecule has 2 aromatic rings. The fraction of sp³-hybridized carbons (Fsp3) is 0.333. The number of ether oxygens (including phenoxy) is 1. The first-order valence-electron chi connectivity index (χ1n) is 7.27. The highest BCUT2D eigenvalue weighted by molar-refractivity contribution is 9.09. The van der Waals surface area contributed by atoms with Crippen LogP contribution in [0.5, 0.6) is 5.75 Å². The predicted molar refractivity (Wildman–Crippen MR) is 93.6 cm³/mol. The molecular weight excluding hydrogens is 348 g/mol. The summed E-state index contributed by atoms with van der Waals surface area (Å²) in [6, 6.07) is 18.1. The third kappa shape index (κ3) is 5.72. The first-order chi connectivity index (χ1) is 10.3. The number of halogens is 2. The Labute approximate surface area is 140 Å². The fourth-order valence-corrected chi connectivity index (χ4v) is 3.05. The van der Waals surface area contributed by atoms with Crippen molar-refractivity contribution in [3.63, 3.8) is 0 Å². The summed E-state index contributed by atoms with van der Waals surface area (Å²) in [5.41, 5.74) is 1.23. The largest absolute Gasteiger partial charge is 0.494 e. The third-order valence-electron chi connectivity index (χ3n) is 3.45. The molecule has 0 radical (unpaired) electrons. The van der Waals surface area contributed by atoms with Crippen molar-refractivity contribution in [2.75, 3.05) is 11.9 Å². The number of benzene rings is 2. The Kier molecular flexibility index (Phi) is 7.11. The molecule has 0 fully saturated rings. The smallest absolute Gasteiger partial charge is 0.119 e. The van der Waals surface area contributed by atoms with Crippen LogP contribution in [0.3, 0.4) is 0 Å². The van der Waals surface area contributed by atoms with Gasteiger partial charge in [-0.25, -0.2) is 0 Å². The van der Waals surface area contributed by atoms with Gasteiger partial charge in [-0.1, -0.05) is 63.9 Å². The number of hydrogen-bond acceptors (Lipinski definition) is 1. The summed E-state index contributed by atoms with van der Waals surface area (Å²) in [4.78, 5) is 0. The Morgan fingerprint density at radius 1 is 1.00 bits per heavy atom. The molecule has 2 rings (SSSR count). The van der Waals surface area contributed by atoms with Gasteiger partial charge in [0.2, 0.25) is 0 Å². The van der Waals surface area contributed by atoms with Crippen molar-refractivity contribution in [3.05, 3.63) is 65.2 Å². The van der Waals surface area contributed by atoms with Crippen LogP contribution in [0.25, 0.3) is 0 Å². The van der Waals surface area contributed by atoms with Gasteiger partial charge in [-0.05, 0) is 48.9 Å². The van der Waals surface area contributed by atoms with E-state index in [0.717, 1.165) is 42.0 Å². The number of rotatable bonds is 8. The number of para-hydroxylation sites is 1. The summed E-state index contributed by atoms with van der Waals surface area (Å²) in [6.45, 7) is 0.760. The van der Waals surface area contributed by atoms with E-state index in [1.807, 2.05) is 48.5 Å². The van der Waals surface area contributed by atoms with Crippen LogP contribution in [-0.2, 0) is 6.42 Å². The average Bonchev–Trinajstić information content (AvgIpc) is 2.53. The summed E-state index contributed by atoms with van der Waals surface area (Å²) in [5, 5.41) is 1.85. The molecular formula is C18H20BrClO. The van der Waals surface area contributed by atoms with Crippen molar-refractivity contribution < 1.29 is 4.74 Å². The summed E-state index contributed by atoms with van der Waals surface area (Å²) in [7, 11) is 0. The van der Waals surface area contributed by atoms with Crippen molar-refractivity contribution in [2.24, 2.45) is 5.92 Å². The Bertz CT molecular complexity index is 530. The van der Waals surface area contributed by atoms with E-state index >= 15 is 0 Å². The van der Waals surface area contributed by atoms with Crippen molar-refractivity contribution in [1.29, 1.82) is 0 Å². The monoisotopic (exact) mass is 366 g/mol. The van der Waals surface area contributed by atoms with Gasteiger partial charge in [-0.15, -0.1) is 0 Å². The van der Waals surface area contributed by atoms with Gasteiger partial charge < -0.3 is 4.74 Å². The summed E-state index contributed by atoms with van der Waals surface area (Å²) >= 11 is 9.84. The molecule has 21 heavy (non-hydrogen) atoms. The van der Waals surface area contributed by atoms with Crippen molar-refractivity contribution in [1.82, 2.24) is 0 Å². The van der Waals surface area contributed by atoms with Gasteiger partial charge in [0.05, 0.1) is 6.61 Å². The molecule has 1 nitrogen and oxygen atoms in total. The zero-order chi connectivity index (χ0) is 14.9. The maximum absolute atomic E-state index is 6.23. The molecule has 0 amide bonds. The van der Waals surface area contributed by atoms with Gasteiger partial charge in [-0.3, -0.25) is 0 Å². The standard InChI is InChI=1S/C18H20BrClO/c19-14-15(13-16-8-4-5-11-18(16)20)7-6-12-21-17-9-2-1-3-10-17/h1-5,8-11,15H,6-7,12-14H2. The van der Waals surface area contributed by atoms with Gasteiger partial charge in [0.1, 0.15) is 5.75 Å². The molecule has 0 spiro atoms. The van der Waals surface area contributed by atoms with Gasteiger partial charge in [0, 0.05) is 10.4 Å².